The van der Waals surface area contributed by atoms with Gasteiger partial charge < -0.3 is 19.8 Å². The number of amides is 2. The van der Waals surface area contributed by atoms with Crippen LogP contribution in [0.4, 0.5) is 4.79 Å². The molecule has 0 radical (unpaired) electrons. The number of nitrogens with zero attached hydrogens (tertiary/aromatic N) is 2. The predicted molar refractivity (Wildman–Crippen MR) is 90.7 cm³/mol. The molecule has 1 saturated heterocycles. The Morgan fingerprint density at radius 3 is 3.12 bits per heavy atom. The van der Waals surface area contributed by atoms with Crippen molar-refractivity contribution >= 4 is 11.7 Å². The molecule has 128 valence electrons. The molecule has 0 aromatic carbocycles. The molecule has 24 heavy (non-hydrogen) atoms. The van der Waals surface area contributed by atoms with E-state index in [1.54, 1.807) is 6.20 Å². The maximum absolute atomic E-state index is 12.2. The average molecular weight is 328 g/mol. The lowest BCUT2D eigenvalue weighted by Crippen LogP contribution is -2.49. The maximum Gasteiger partial charge on any atom is 0.315 e. The van der Waals surface area contributed by atoms with E-state index in [0.29, 0.717) is 6.54 Å². The van der Waals surface area contributed by atoms with Crippen molar-refractivity contribution in [1.82, 2.24) is 20.0 Å². The summed E-state index contributed by atoms with van der Waals surface area (Å²) in [4.78, 5) is 16.5. The molecule has 1 unspecified atom stereocenters. The molecular weight excluding hydrogens is 304 g/mol. The molecule has 2 aromatic heterocycles. The molecule has 4 rings (SSSR count). The second-order valence-electron chi connectivity index (χ2n) is 6.98. The second kappa shape index (κ2) is 6.43. The molecule has 1 aliphatic carbocycles. The highest BCUT2D eigenvalue weighted by atomic mass is 16.5. The molecule has 6 heteroatoms. The lowest BCUT2D eigenvalue weighted by Gasteiger charge is -2.38. The molecule has 1 atom stereocenters. The Morgan fingerprint density at radius 1 is 1.38 bits per heavy atom. The van der Waals surface area contributed by atoms with Gasteiger partial charge in [-0.1, -0.05) is 12.8 Å². The predicted octanol–water partition coefficient (Wildman–Crippen LogP) is 2.63. The van der Waals surface area contributed by atoms with Crippen LogP contribution < -0.4 is 10.6 Å². The van der Waals surface area contributed by atoms with Gasteiger partial charge in [0.2, 0.25) is 0 Å². The number of pyridine rings is 1. The Balaban J connectivity index is 1.30. The zero-order valence-corrected chi connectivity index (χ0v) is 13.8. The lowest BCUT2D eigenvalue weighted by molar-refractivity contribution is -0.0820. The summed E-state index contributed by atoms with van der Waals surface area (Å²) in [5.74, 6) is 0. The fraction of sp³-hybridized carbons (Fsp3) is 0.556. The topological polar surface area (TPSA) is 67.7 Å². The second-order valence-corrected chi connectivity index (χ2v) is 6.98. The van der Waals surface area contributed by atoms with E-state index in [4.69, 9.17) is 4.74 Å². The number of imidazole rings is 1. The lowest BCUT2D eigenvalue weighted by atomic mass is 9.89. The molecule has 0 bridgehead atoms. The zero-order valence-electron chi connectivity index (χ0n) is 13.8. The van der Waals surface area contributed by atoms with E-state index in [1.807, 2.05) is 28.9 Å². The van der Waals surface area contributed by atoms with E-state index >= 15 is 0 Å². The van der Waals surface area contributed by atoms with E-state index in [0.717, 1.165) is 43.5 Å². The standard InChI is InChI=1S/C18H24N4O2/c23-17(20-13-14-3-8-22-9-7-19-16(22)11-14)21-15-4-10-24-18(12-15)5-1-2-6-18/h3,7-9,11,15H,1-2,4-6,10,12-13H2,(H2,20,21,23). The summed E-state index contributed by atoms with van der Waals surface area (Å²) in [6.07, 6.45) is 12.2. The number of carbonyl (C=O) groups is 1. The summed E-state index contributed by atoms with van der Waals surface area (Å²) >= 11 is 0. The summed E-state index contributed by atoms with van der Waals surface area (Å²) in [5.41, 5.74) is 1.97. The Kier molecular flexibility index (Phi) is 4.14. The fourth-order valence-electron chi connectivity index (χ4n) is 4.00. The number of fused-ring (bicyclic) bond motifs is 1. The normalized spacial score (nSPS) is 22.8. The first-order chi connectivity index (χ1) is 11.7. The van der Waals surface area contributed by atoms with Crippen LogP contribution in [-0.2, 0) is 11.3 Å². The van der Waals surface area contributed by atoms with Gasteiger partial charge in [-0.3, -0.25) is 0 Å². The van der Waals surface area contributed by atoms with Gasteiger partial charge >= 0.3 is 6.03 Å². The van der Waals surface area contributed by atoms with E-state index in [1.165, 1.54) is 12.8 Å². The Bertz CT molecular complexity index is 721. The van der Waals surface area contributed by atoms with Crippen molar-refractivity contribution in [1.29, 1.82) is 0 Å². The summed E-state index contributed by atoms with van der Waals surface area (Å²) < 4.78 is 7.97. The fourth-order valence-corrected chi connectivity index (χ4v) is 4.00. The molecule has 2 fully saturated rings. The monoisotopic (exact) mass is 328 g/mol. The summed E-state index contributed by atoms with van der Waals surface area (Å²) in [6, 6.07) is 4.10. The van der Waals surface area contributed by atoms with Crippen molar-refractivity contribution in [2.24, 2.45) is 0 Å². The van der Waals surface area contributed by atoms with Gasteiger partial charge in [-0.25, -0.2) is 9.78 Å². The van der Waals surface area contributed by atoms with Crippen LogP contribution in [0.5, 0.6) is 0 Å². The maximum atomic E-state index is 12.2. The van der Waals surface area contributed by atoms with E-state index in [2.05, 4.69) is 15.6 Å². The zero-order chi connectivity index (χ0) is 16.4. The van der Waals surface area contributed by atoms with Crippen LogP contribution in [0.15, 0.2) is 30.7 Å². The minimum Gasteiger partial charge on any atom is -0.375 e. The number of rotatable bonds is 3. The first kappa shape index (κ1) is 15.4. The molecular formula is C18H24N4O2. The van der Waals surface area contributed by atoms with E-state index in [9.17, 15) is 4.79 Å². The number of hydrogen-bond donors (Lipinski definition) is 2. The number of aromatic nitrogens is 2. The molecule has 1 aliphatic heterocycles. The van der Waals surface area contributed by atoms with Gasteiger partial charge in [0.15, 0.2) is 0 Å². The van der Waals surface area contributed by atoms with E-state index < -0.39 is 0 Å². The summed E-state index contributed by atoms with van der Waals surface area (Å²) in [6.45, 7) is 1.26. The number of nitrogens with one attached hydrogen (secondary N) is 2. The molecule has 2 amide bonds. The van der Waals surface area contributed by atoms with Crippen molar-refractivity contribution < 1.29 is 9.53 Å². The van der Waals surface area contributed by atoms with Gasteiger partial charge in [0.25, 0.3) is 0 Å². The van der Waals surface area contributed by atoms with Crippen LogP contribution in [0.25, 0.3) is 5.65 Å². The molecule has 3 heterocycles. The van der Waals surface area contributed by atoms with Crippen LogP contribution in [0.3, 0.4) is 0 Å². The largest absolute Gasteiger partial charge is 0.375 e. The highest BCUT2D eigenvalue weighted by molar-refractivity contribution is 5.74. The molecule has 2 aliphatic rings. The smallest absolute Gasteiger partial charge is 0.315 e. The number of hydrogen-bond acceptors (Lipinski definition) is 3. The van der Waals surface area contributed by atoms with Gasteiger partial charge in [0.1, 0.15) is 5.65 Å². The molecule has 1 spiro atoms. The Hall–Kier alpha value is -2.08. The third kappa shape index (κ3) is 3.24. The van der Waals surface area contributed by atoms with Crippen LogP contribution in [0, 0.1) is 0 Å². The Morgan fingerprint density at radius 2 is 2.25 bits per heavy atom. The quantitative estimate of drug-likeness (QED) is 0.910. The van der Waals surface area contributed by atoms with Crippen molar-refractivity contribution in [2.75, 3.05) is 6.61 Å². The SMILES string of the molecule is O=C(NCc1ccn2ccnc2c1)NC1CCOC2(CCCC2)C1. The number of ether oxygens (including phenoxy) is 1. The van der Waals surface area contributed by atoms with Gasteiger partial charge in [-0.05, 0) is 43.4 Å². The average Bonchev–Trinajstić information content (AvgIpc) is 3.22. The van der Waals surface area contributed by atoms with Crippen molar-refractivity contribution in [3.63, 3.8) is 0 Å². The van der Waals surface area contributed by atoms with Crippen LogP contribution >= 0.6 is 0 Å². The van der Waals surface area contributed by atoms with Crippen LogP contribution in [-0.4, -0.2) is 33.7 Å². The van der Waals surface area contributed by atoms with Gasteiger partial charge in [-0.15, -0.1) is 0 Å². The van der Waals surface area contributed by atoms with Crippen molar-refractivity contribution in [3.8, 4) is 0 Å². The van der Waals surface area contributed by atoms with Gasteiger partial charge in [-0.2, -0.15) is 0 Å². The van der Waals surface area contributed by atoms with Crippen LogP contribution in [0.1, 0.15) is 44.1 Å². The first-order valence-electron chi connectivity index (χ1n) is 8.82. The van der Waals surface area contributed by atoms with Gasteiger partial charge in [0.05, 0.1) is 5.60 Å². The minimum absolute atomic E-state index is 0.0297. The number of carbonyl (C=O) groups excluding carboxylic acids is 1. The molecule has 6 nitrogen and oxygen atoms in total. The third-order valence-electron chi connectivity index (χ3n) is 5.26. The molecule has 2 N–H and O–H groups in total. The molecule has 1 saturated carbocycles. The highest BCUT2D eigenvalue weighted by Crippen LogP contribution is 2.39. The van der Waals surface area contributed by atoms with Crippen molar-refractivity contribution in [3.05, 3.63) is 36.3 Å². The Labute approximate surface area is 141 Å². The summed E-state index contributed by atoms with van der Waals surface area (Å²) in [5, 5.41) is 6.08. The van der Waals surface area contributed by atoms with Crippen molar-refractivity contribution in [2.45, 2.75) is 56.7 Å². The minimum atomic E-state index is -0.0988. The molecule has 2 aromatic rings. The third-order valence-corrected chi connectivity index (χ3v) is 5.26. The first-order valence-corrected chi connectivity index (χ1v) is 8.82. The highest BCUT2D eigenvalue weighted by Gasteiger charge is 2.40. The van der Waals surface area contributed by atoms with Gasteiger partial charge in [0, 0.05) is 37.8 Å². The number of urea groups is 1. The van der Waals surface area contributed by atoms with E-state index in [-0.39, 0.29) is 17.7 Å². The summed E-state index contributed by atoms with van der Waals surface area (Å²) in [7, 11) is 0. The van der Waals surface area contributed by atoms with Crippen LogP contribution in [0.2, 0.25) is 0 Å².